The van der Waals surface area contributed by atoms with E-state index in [1.807, 2.05) is 24.3 Å². The number of ether oxygens (including phenoxy) is 1. The second-order valence-corrected chi connectivity index (χ2v) is 3.96. The first kappa shape index (κ1) is 9.52. The fraction of sp³-hybridized carbons (Fsp3) is 0.300. The average molecular weight is 256 g/mol. The normalized spacial score (nSPS) is 20.1. The number of rotatable bonds is 2. The molecule has 0 spiro atoms. The summed E-state index contributed by atoms with van der Waals surface area (Å²) in [6.07, 6.45) is 0.798. The van der Waals surface area contributed by atoms with E-state index in [0.29, 0.717) is 0 Å². The Kier molecular flexibility index (Phi) is 2.72. The second kappa shape index (κ2) is 4.00. The highest BCUT2D eigenvalue weighted by Gasteiger charge is 2.21. The summed E-state index contributed by atoms with van der Waals surface area (Å²) in [6.45, 7) is 0. The van der Waals surface area contributed by atoms with E-state index in [0.717, 1.165) is 22.4 Å². The van der Waals surface area contributed by atoms with Crippen molar-refractivity contribution in [2.24, 2.45) is 5.16 Å². The summed E-state index contributed by atoms with van der Waals surface area (Å²) in [5, 5.41) is 3.84. The van der Waals surface area contributed by atoms with E-state index in [2.05, 4.69) is 21.1 Å². The summed E-state index contributed by atoms with van der Waals surface area (Å²) in [5.74, 6) is 0.842. The Labute approximate surface area is 90.8 Å². The highest BCUT2D eigenvalue weighted by molar-refractivity contribution is 9.18. The number of halogens is 1. The summed E-state index contributed by atoms with van der Waals surface area (Å²) in [6, 6.07) is 7.83. The molecule has 1 aromatic carbocycles. The third kappa shape index (κ3) is 1.90. The molecule has 4 heteroatoms. The fourth-order valence-corrected chi connectivity index (χ4v) is 1.75. The van der Waals surface area contributed by atoms with Crippen molar-refractivity contribution in [3.63, 3.8) is 0 Å². The topological polar surface area (TPSA) is 30.8 Å². The summed E-state index contributed by atoms with van der Waals surface area (Å²) >= 11 is 3.31. The van der Waals surface area contributed by atoms with Crippen LogP contribution in [-0.4, -0.2) is 11.7 Å². The zero-order chi connectivity index (χ0) is 9.97. The van der Waals surface area contributed by atoms with Gasteiger partial charge in [0, 0.05) is 6.42 Å². The Morgan fingerprint density at radius 1 is 1.57 bits per heavy atom. The van der Waals surface area contributed by atoms with Gasteiger partial charge in [0.25, 0.3) is 0 Å². The molecule has 1 heterocycles. The molecule has 0 fully saturated rings. The van der Waals surface area contributed by atoms with Gasteiger partial charge in [-0.05, 0) is 33.6 Å². The standard InChI is InChI=1S/C10H10BrNO2/c1-13-8-4-2-3-7(5-8)9-6-10(11)12-14-9/h2-5,9H,6H2,1H3/t9-/m1/s1. The zero-order valence-corrected chi connectivity index (χ0v) is 9.32. The second-order valence-electron chi connectivity index (χ2n) is 3.04. The lowest BCUT2D eigenvalue weighted by atomic mass is 10.1. The zero-order valence-electron chi connectivity index (χ0n) is 7.74. The van der Waals surface area contributed by atoms with Crippen molar-refractivity contribution < 1.29 is 9.57 Å². The highest BCUT2D eigenvalue weighted by atomic mass is 79.9. The number of oxime groups is 1. The summed E-state index contributed by atoms with van der Waals surface area (Å²) in [5.41, 5.74) is 1.09. The summed E-state index contributed by atoms with van der Waals surface area (Å²) < 4.78 is 5.99. The number of hydrogen-bond donors (Lipinski definition) is 0. The monoisotopic (exact) mass is 255 g/mol. The van der Waals surface area contributed by atoms with Crippen LogP contribution in [-0.2, 0) is 4.84 Å². The lowest BCUT2D eigenvalue weighted by Gasteiger charge is -2.09. The molecule has 0 saturated heterocycles. The van der Waals surface area contributed by atoms with Gasteiger partial charge >= 0.3 is 0 Å². The van der Waals surface area contributed by atoms with Crippen LogP contribution >= 0.6 is 15.9 Å². The van der Waals surface area contributed by atoms with Gasteiger partial charge in [0.2, 0.25) is 0 Å². The van der Waals surface area contributed by atoms with Gasteiger partial charge in [-0.15, -0.1) is 0 Å². The molecule has 0 N–H and O–H groups in total. The molecule has 1 atom stereocenters. The van der Waals surface area contributed by atoms with Crippen molar-refractivity contribution in [2.75, 3.05) is 7.11 Å². The smallest absolute Gasteiger partial charge is 0.158 e. The van der Waals surface area contributed by atoms with Crippen LogP contribution in [0.1, 0.15) is 18.1 Å². The van der Waals surface area contributed by atoms with Crippen LogP contribution in [0, 0.1) is 0 Å². The molecule has 0 saturated carbocycles. The molecule has 0 amide bonds. The molecule has 0 aromatic heterocycles. The van der Waals surface area contributed by atoms with Gasteiger partial charge < -0.3 is 9.57 Å². The minimum absolute atomic E-state index is 0.0134. The number of nitrogens with zero attached hydrogens (tertiary/aromatic N) is 1. The first-order valence-electron chi connectivity index (χ1n) is 4.32. The number of hydrogen-bond acceptors (Lipinski definition) is 3. The molecule has 0 aliphatic carbocycles. The van der Waals surface area contributed by atoms with Crippen molar-refractivity contribution in [1.82, 2.24) is 0 Å². The number of methoxy groups -OCH3 is 1. The molecule has 3 nitrogen and oxygen atoms in total. The molecule has 0 bridgehead atoms. The van der Waals surface area contributed by atoms with Crippen molar-refractivity contribution in [3.05, 3.63) is 29.8 Å². The van der Waals surface area contributed by atoms with Gasteiger partial charge in [-0.2, -0.15) is 0 Å². The summed E-state index contributed by atoms with van der Waals surface area (Å²) in [7, 11) is 1.65. The van der Waals surface area contributed by atoms with Crippen LogP contribution in [0.5, 0.6) is 5.75 Å². The third-order valence-corrected chi connectivity index (χ3v) is 2.57. The Morgan fingerprint density at radius 3 is 3.07 bits per heavy atom. The molecule has 0 radical (unpaired) electrons. The van der Waals surface area contributed by atoms with E-state index < -0.39 is 0 Å². The van der Waals surface area contributed by atoms with E-state index in [9.17, 15) is 0 Å². The molecule has 2 rings (SSSR count). The Hall–Kier alpha value is -1.03. The lowest BCUT2D eigenvalue weighted by Crippen LogP contribution is -1.97. The van der Waals surface area contributed by atoms with E-state index in [1.165, 1.54) is 0 Å². The minimum atomic E-state index is 0.0134. The Morgan fingerprint density at radius 2 is 2.43 bits per heavy atom. The van der Waals surface area contributed by atoms with Crippen LogP contribution in [0.2, 0.25) is 0 Å². The predicted molar refractivity (Wildman–Crippen MR) is 57.8 cm³/mol. The Balaban J connectivity index is 2.17. The van der Waals surface area contributed by atoms with Crippen LogP contribution < -0.4 is 4.74 Å². The fourth-order valence-electron chi connectivity index (χ4n) is 1.37. The lowest BCUT2D eigenvalue weighted by molar-refractivity contribution is 0.0856. The van der Waals surface area contributed by atoms with Crippen molar-refractivity contribution in [2.45, 2.75) is 12.5 Å². The minimum Gasteiger partial charge on any atom is -0.497 e. The SMILES string of the molecule is COc1cccc([C@H]2CC(Br)=NO2)c1. The molecule has 0 unspecified atom stereocenters. The first-order chi connectivity index (χ1) is 6.79. The van der Waals surface area contributed by atoms with Crippen LogP contribution in [0.3, 0.4) is 0 Å². The summed E-state index contributed by atoms with van der Waals surface area (Å²) in [4.78, 5) is 5.24. The maximum atomic E-state index is 5.24. The maximum absolute atomic E-state index is 5.24. The van der Waals surface area contributed by atoms with Crippen LogP contribution in [0.25, 0.3) is 0 Å². The van der Waals surface area contributed by atoms with Gasteiger partial charge in [0.1, 0.15) is 10.4 Å². The van der Waals surface area contributed by atoms with E-state index in [1.54, 1.807) is 7.11 Å². The third-order valence-electron chi connectivity index (χ3n) is 2.10. The molecule has 14 heavy (non-hydrogen) atoms. The molecule has 1 aliphatic heterocycles. The quantitative estimate of drug-likeness (QED) is 0.814. The largest absolute Gasteiger partial charge is 0.497 e. The van der Waals surface area contributed by atoms with Crippen LogP contribution in [0.4, 0.5) is 0 Å². The van der Waals surface area contributed by atoms with Crippen molar-refractivity contribution in [3.8, 4) is 5.75 Å². The highest BCUT2D eigenvalue weighted by Crippen LogP contribution is 2.30. The van der Waals surface area contributed by atoms with E-state index in [4.69, 9.17) is 9.57 Å². The van der Waals surface area contributed by atoms with Gasteiger partial charge in [0.15, 0.2) is 6.10 Å². The van der Waals surface area contributed by atoms with Crippen LogP contribution in [0.15, 0.2) is 29.4 Å². The van der Waals surface area contributed by atoms with E-state index in [-0.39, 0.29) is 6.10 Å². The molecular formula is C10H10BrNO2. The van der Waals surface area contributed by atoms with E-state index >= 15 is 0 Å². The molecular weight excluding hydrogens is 246 g/mol. The Bertz CT molecular complexity index is 365. The van der Waals surface area contributed by atoms with Crippen molar-refractivity contribution >= 4 is 20.6 Å². The maximum Gasteiger partial charge on any atom is 0.158 e. The predicted octanol–water partition coefficient (Wildman–Crippen LogP) is 2.87. The van der Waals surface area contributed by atoms with Gasteiger partial charge in [0.05, 0.1) is 7.11 Å². The van der Waals surface area contributed by atoms with Gasteiger partial charge in [-0.25, -0.2) is 0 Å². The molecule has 1 aliphatic rings. The average Bonchev–Trinajstić information content (AvgIpc) is 2.65. The molecule has 1 aromatic rings. The molecule has 74 valence electrons. The van der Waals surface area contributed by atoms with Crippen molar-refractivity contribution in [1.29, 1.82) is 0 Å². The van der Waals surface area contributed by atoms with Gasteiger partial charge in [-0.1, -0.05) is 17.3 Å². The van der Waals surface area contributed by atoms with Gasteiger partial charge in [-0.3, -0.25) is 0 Å². The number of benzene rings is 1. The first-order valence-corrected chi connectivity index (χ1v) is 5.11.